The summed E-state index contributed by atoms with van der Waals surface area (Å²) >= 11 is 0. The summed E-state index contributed by atoms with van der Waals surface area (Å²) in [6.07, 6.45) is 0.603. The molecule has 21 heavy (non-hydrogen) atoms. The molecule has 1 aliphatic rings. The molecule has 1 aromatic rings. The number of carbonyl (C=O) groups is 3. The van der Waals surface area contributed by atoms with E-state index in [0.717, 1.165) is 4.90 Å². The van der Waals surface area contributed by atoms with Crippen molar-refractivity contribution in [1.29, 1.82) is 0 Å². The van der Waals surface area contributed by atoms with E-state index in [4.69, 9.17) is 14.6 Å². The molecule has 7 heteroatoms. The van der Waals surface area contributed by atoms with Crippen LogP contribution in [-0.4, -0.2) is 42.5 Å². The first kappa shape index (κ1) is 14.8. The van der Waals surface area contributed by atoms with Gasteiger partial charge in [0.2, 0.25) is 0 Å². The zero-order valence-corrected chi connectivity index (χ0v) is 11.7. The van der Waals surface area contributed by atoms with E-state index >= 15 is 0 Å². The van der Waals surface area contributed by atoms with E-state index < -0.39 is 17.9 Å². The Morgan fingerprint density at radius 2 is 2.29 bits per heavy atom. The van der Waals surface area contributed by atoms with Gasteiger partial charge in [0.05, 0.1) is 12.3 Å². The molecule has 7 nitrogen and oxygen atoms in total. The van der Waals surface area contributed by atoms with E-state index in [0.29, 0.717) is 18.6 Å². The molecule has 2 rings (SSSR count). The molecule has 1 atom stereocenters. The number of carboxylic acid groups (broad SMARTS) is 1. The third-order valence-corrected chi connectivity index (χ3v) is 3.11. The minimum atomic E-state index is -1.15. The van der Waals surface area contributed by atoms with Crippen LogP contribution in [-0.2, 0) is 9.59 Å². The minimum Gasteiger partial charge on any atom is -0.490 e. The number of rotatable bonds is 5. The molecule has 112 valence electrons. The van der Waals surface area contributed by atoms with Crippen molar-refractivity contribution < 1.29 is 29.0 Å². The number of hydrogen-bond acceptors (Lipinski definition) is 5. The summed E-state index contributed by atoms with van der Waals surface area (Å²) in [5, 5.41) is 9.14. The number of hydrogen-bond donors (Lipinski definition) is 1. The van der Waals surface area contributed by atoms with Crippen LogP contribution in [0.25, 0.3) is 0 Å². The highest BCUT2D eigenvalue weighted by Crippen LogP contribution is 2.42. The number of aldehydes is 1. The monoisotopic (exact) mass is 293 g/mol. The van der Waals surface area contributed by atoms with Crippen LogP contribution in [0.15, 0.2) is 12.1 Å². The van der Waals surface area contributed by atoms with Crippen LogP contribution < -0.4 is 14.4 Å². The van der Waals surface area contributed by atoms with Crippen LogP contribution >= 0.6 is 0 Å². The lowest BCUT2D eigenvalue weighted by atomic mass is 10.1. The van der Waals surface area contributed by atoms with E-state index in [1.165, 1.54) is 19.1 Å². The molecule has 0 bridgehead atoms. The van der Waals surface area contributed by atoms with Crippen LogP contribution in [0.3, 0.4) is 0 Å². The molecule has 1 amide bonds. The van der Waals surface area contributed by atoms with Gasteiger partial charge < -0.3 is 14.6 Å². The molecule has 0 aliphatic carbocycles. The van der Waals surface area contributed by atoms with Gasteiger partial charge in [-0.25, -0.2) is 4.79 Å². The highest BCUT2D eigenvalue weighted by Gasteiger charge is 2.35. The number of nitrogens with zero attached hydrogens (tertiary/aromatic N) is 1. The van der Waals surface area contributed by atoms with Gasteiger partial charge in [0.25, 0.3) is 5.91 Å². The van der Waals surface area contributed by atoms with Gasteiger partial charge in [-0.15, -0.1) is 0 Å². The average Bonchev–Trinajstić information content (AvgIpc) is 2.46. The molecular formula is C14H15NO6. The third-order valence-electron chi connectivity index (χ3n) is 3.11. The maximum Gasteiger partial charge on any atom is 0.326 e. The lowest BCUT2D eigenvalue weighted by Gasteiger charge is -2.33. The highest BCUT2D eigenvalue weighted by atomic mass is 16.5. The summed E-state index contributed by atoms with van der Waals surface area (Å²) in [5.74, 6) is -1.05. The number of carbonyl (C=O) groups excluding carboxylic acids is 2. The van der Waals surface area contributed by atoms with E-state index in [-0.39, 0.29) is 23.6 Å². The molecule has 0 aromatic heterocycles. The van der Waals surface area contributed by atoms with E-state index in [9.17, 15) is 14.4 Å². The maximum absolute atomic E-state index is 12.0. The van der Waals surface area contributed by atoms with Crippen molar-refractivity contribution in [2.75, 3.05) is 18.1 Å². The van der Waals surface area contributed by atoms with Gasteiger partial charge in [0.15, 0.2) is 18.1 Å². The van der Waals surface area contributed by atoms with Crippen molar-refractivity contribution in [2.45, 2.75) is 19.9 Å². The molecule has 0 saturated carbocycles. The fourth-order valence-corrected chi connectivity index (χ4v) is 2.14. The van der Waals surface area contributed by atoms with Crippen LogP contribution in [0.1, 0.15) is 24.2 Å². The first-order chi connectivity index (χ1) is 9.99. The summed E-state index contributed by atoms with van der Waals surface area (Å²) < 4.78 is 10.8. The fraction of sp³-hybridized carbons (Fsp3) is 0.357. The number of carboxylic acids is 1. The predicted octanol–water partition coefficient (Wildman–Crippen LogP) is 1.10. The van der Waals surface area contributed by atoms with Crippen molar-refractivity contribution in [2.24, 2.45) is 0 Å². The topological polar surface area (TPSA) is 93.1 Å². The second-order valence-electron chi connectivity index (χ2n) is 4.48. The quantitative estimate of drug-likeness (QED) is 0.817. The van der Waals surface area contributed by atoms with E-state index in [1.54, 1.807) is 6.92 Å². The van der Waals surface area contributed by atoms with Crippen molar-refractivity contribution >= 4 is 23.9 Å². The standard InChI is InChI=1S/C14H15NO6/c1-3-20-11-5-9(6-16)4-10-13(11)21-7-12(17)15(10)8(2)14(18)19/h4-6,8H,3,7H2,1-2H3,(H,18,19). The van der Waals surface area contributed by atoms with Gasteiger partial charge in [0, 0.05) is 5.56 Å². The lowest BCUT2D eigenvalue weighted by molar-refractivity contribution is -0.140. The number of anilines is 1. The van der Waals surface area contributed by atoms with Gasteiger partial charge in [-0.3, -0.25) is 14.5 Å². The second-order valence-corrected chi connectivity index (χ2v) is 4.48. The zero-order valence-electron chi connectivity index (χ0n) is 11.7. The molecule has 1 heterocycles. The predicted molar refractivity (Wildman–Crippen MR) is 73.1 cm³/mol. The summed E-state index contributed by atoms with van der Waals surface area (Å²) in [4.78, 5) is 35.3. The number of benzene rings is 1. The molecule has 0 fully saturated rings. The summed E-state index contributed by atoms with van der Waals surface area (Å²) in [6.45, 7) is 3.24. The number of ether oxygens (including phenoxy) is 2. The molecule has 1 aromatic carbocycles. The van der Waals surface area contributed by atoms with Gasteiger partial charge in [0.1, 0.15) is 12.3 Å². The Bertz CT molecular complexity index is 597. The van der Waals surface area contributed by atoms with Crippen LogP contribution in [0.4, 0.5) is 5.69 Å². The van der Waals surface area contributed by atoms with Crippen molar-refractivity contribution in [1.82, 2.24) is 0 Å². The Balaban J connectivity index is 2.60. The molecule has 0 spiro atoms. The van der Waals surface area contributed by atoms with E-state index in [1.807, 2.05) is 0 Å². The zero-order chi connectivity index (χ0) is 15.6. The highest BCUT2D eigenvalue weighted by molar-refractivity contribution is 6.03. The van der Waals surface area contributed by atoms with Crippen molar-refractivity contribution in [3.63, 3.8) is 0 Å². The normalized spacial score (nSPS) is 15.0. The first-order valence-electron chi connectivity index (χ1n) is 6.43. The smallest absolute Gasteiger partial charge is 0.326 e. The summed E-state index contributed by atoms with van der Waals surface area (Å²) in [7, 11) is 0. The fourth-order valence-electron chi connectivity index (χ4n) is 2.14. The summed E-state index contributed by atoms with van der Waals surface area (Å²) in [5.41, 5.74) is 0.507. The number of amides is 1. The summed E-state index contributed by atoms with van der Waals surface area (Å²) in [6, 6.07) is 1.84. The molecule has 1 N–H and O–H groups in total. The van der Waals surface area contributed by atoms with E-state index in [2.05, 4.69) is 0 Å². The largest absolute Gasteiger partial charge is 0.490 e. The maximum atomic E-state index is 12.0. The Morgan fingerprint density at radius 1 is 1.57 bits per heavy atom. The molecule has 0 saturated heterocycles. The first-order valence-corrected chi connectivity index (χ1v) is 6.43. The Morgan fingerprint density at radius 3 is 2.86 bits per heavy atom. The van der Waals surface area contributed by atoms with Crippen molar-refractivity contribution in [3.05, 3.63) is 17.7 Å². The van der Waals surface area contributed by atoms with Crippen LogP contribution in [0, 0.1) is 0 Å². The SMILES string of the molecule is CCOc1cc(C=O)cc2c1OCC(=O)N2C(C)C(=O)O. The van der Waals surface area contributed by atoms with Crippen LogP contribution in [0.5, 0.6) is 11.5 Å². The van der Waals surface area contributed by atoms with Crippen molar-refractivity contribution in [3.8, 4) is 11.5 Å². The third kappa shape index (κ3) is 2.67. The molecule has 0 radical (unpaired) electrons. The Labute approximate surface area is 121 Å². The Hall–Kier alpha value is -2.57. The minimum absolute atomic E-state index is 0.231. The second kappa shape index (κ2) is 5.82. The Kier molecular flexibility index (Phi) is 4.11. The number of aliphatic carboxylic acids is 1. The number of fused-ring (bicyclic) bond motifs is 1. The molecule has 1 aliphatic heterocycles. The van der Waals surface area contributed by atoms with Gasteiger partial charge in [-0.2, -0.15) is 0 Å². The van der Waals surface area contributed by atoms with Gasteiger partial charge in [-0.05, 0) is 26.0 Å². The molecular weight excluding hydrogens is 278 g/mol. The molecule has 1 unspecified atom stereocenters. The van der Waals surface area contributed by atoms with Gasteiger partial charge in [-0.1, -0.05) is 0 Å². The van der Waals surface area contributed by atoms with Gasteiger partial charge >= 0.3 is 5.97 Å². The van der Waals surface area contributed by atoms with Crippen LogP contribution in [0.2, 0.25) is 0 Å². The lowest BCUT2D eigenvalue weighted by Crippen LogP contribution is -2.48. The average molecular weight is 293 g/mol.